The van der Waals surface area contributed by atoms with Gasteiger partial charge in [0.2, 0.25) is 0 Å². The lowest BCUT2D eigenvalue weighted by molar-refractivity contribution is -0.138. The van der Waals surface area contributed by atoms with E-state index in [0.717, 1.165) is 12.0 Å². The molecule has 0 aliphatic carbocycles. The highest BCUT2D eigenvalue weighted by molar-refractivity contribution is 5.93. The molecule has 152 valence electrons. The first-order chi connectivity index (χ1) is 14.1. The molecular weight excluding hydrogens is 373 g/mol. The number of para-hydroxylation sites is 1. The lowest BCUT2D eigenvalue weighted by Gasteiger charge is -2.21. The number of hydrogen-bond acceptors (Lipinski definition) is 4. The second kappa shape index (κ2) is 9.73. The van der Waals surface area contributed by atoms with Gasteiger partial charge in [-0.3, -0.25) is 5.32 Å². The number of hydrogen-bond donors (Lipinski definition) is 3. The number of halogens is 1. The highest BCUT2D eigenvalue weighted by atomic mass is 19.1. The number of ether oxygens (including phenoxy) is 1. The van der Waals surface area contributed by atoms with Crippen molar-refractivity contribution in [3.63, 3.8) is 0 Å². The van der Waals surface area contributed by atoms with E-state index in [-0.39, 0.29) is 18.5 Å². The van der Waals surface area contributed by atoms with Gasteiger partial charge in [0.1, 0.15) is 11.6 Å². The number of esters is 1. The molecule has 0 aromatic heterocycles. The van der Waals surface area contributed by atoms with Crippen molar-refractivity contribution in [1.82, 2.24) is 10.6 Å². The summed E-state index contributed by atoms with van der Waals surface area (Å²) in [5.74, 6) is -0.468. The Morgan fingerprint density at radius 2 is 1.83 bits per heavy atom. The molecule has 6 nitrogen and oxygen atoms in total. The first kappa shape index (κ1) is 20.4. The molecule has 0 saturated carbocycles. The van der Waals surface area contributed by atoms with Crippen LogP contribution in [0.2, 0.25) is 0 Å². The zero-order chi connectivity index (χ0) is 20.6. The van der Waals surface area contributed by atoms with E-state index in [2.05, 4.69) is 16.0 Å². The van der Waals surface area contributed by atoms with Crippen LogP contribution in [-0.2, 0) is 9.53 Å². The minimum atomic E-state index is -0.472. The minimum absolute atomic E-state index is 0.172. The van der Waals surface area contributed by atoms with Crippen LogP contribution in [0.25, 0.3) is 0 Å². The predicted octanol–water partition coefficient (Wildman–Crippen LogP) is 4.24. The molecule has 1 aliphatic rings. The van der Waals surface area contributed by atoms with Crippen LogP contribution in [0.3, 0.4) is 0 Å². The van der Waals surface area contributed by atoms with Crippen LogP contribution < -0.4 is 16.0 Å². The SMILES string of the molecule is CCOC(=O)C1=C(NC(=O)Nc2ccccc2)N[C@@H](c2ccc(F)cc2)CCC1. The number of urea groups is 1. The third-order valence-corrected chi connectivity index (χ3v) is 4.60. The van der Waals surface area contributed by atoms with Crippen molar-refractivity contribution in [3.8, 4) is 0 Å². The van der Waals surface area contributed by atoms with Crippen LogP contribution in [0.5, 0.6) is 0 Å². The largest absolute Gasteiger partial charge is 0.463 e. The molecule has 3 N–H and O–H groups in total. The molecule has 2 aromatic rings. The molecule has 0 radical (unpaired) electrons. The molecule has 1 heterocycles. The van der Waals surface area contributed by atoms with Gasteiger partial charge >= 0.3 is 12.0 Å². The molecule has 2 aromatic carbocycles. The second-order valence-corrected chi connectivity index (χ2v) is 6.66. The van der Waals surface area contributed by atoms with Gasteiger partial charge in [-0.25, -0.2) is 14.0 Å². The van der Waals surface area contributed by atoms with Gasteiger partial charge in [0.25, 0.3) is 0 Å². The average molecular weight is 397 g/mol. The van der Waals surface area contributed by atoms with E-state index in [1.54, 1.807) is 31.2 Å². The third-order valence-electron chi connectivity index (χ3n) is 4.60. The molecule has 0 unspecified atom stereocenters. The summed E-state index contributed by atoms with van der Waals surface area (Å²) in [6.45, 7) is 1.98. The summed E-state index contributed by atoms with van der Waals surface area (Å²) in [5.41, 5.74) is 1.89. The van der Waals surface area contributed by atoms with Crippen LogP contribution in [-0.4, -0.2) is 18.6 Å². The molecule has 3 rings (SSSR count). The Kier molecular flexibility index (Phi) is 6.84. The fraction of sp³-hybridized carbons (Fsp3) is 0.273. The Hall–Kier alpha value is -3.35. The van der Waals surface area contributed by atoms with Crippen molar-refractivity contribution < 1.29 is 18.7 Å². The van der Waals surface area contributed by atoms with Crippen LogP contribution in [0.15, 0.2) is 66.0 Å². The van der Waals surface area contributed by atoms with Gasteiger partial charge < -0.3 is 15.4 Å². The lowest BCUT2D eigenvalue weighted by atomic mass is 10.0. The normalized spacial score (nSPS) is 16.4. The summed E-state index contributed by atoms with van der Waals surface area (Å²) in [5, 5.41) is 8.73. The predicted molar refractivity (Wildman–Crippen MR) is 108 cm³/mol. The van der Waals surface area contributed by atoms with Crippen LogP contribution >= 0.6 is 0 Å². The monoisotopic (exact) mass is 397 g/mol. The Labute approximate surface area is 169 Å². The van der Waals surface area contributed by atoms with E-state index >= 15 is 0 Å². The van der Waals surface area contributed by atoms with Crippen molar-refractivity contribution in [2.24, 2.45) is 0 Å². The molecule has 29 heavy (non-hydrogen) atoms. The van der Waals surface area contributed by atoms with Crippen molar-refractivity contribution in [2.45, 2.75) is 32.2 Å². The molecule has 1 aliphatic heterocycles. The summed E-state index contributed by atoms with van der Waals surface area (Å²) in [6, 6.07) is 14.6. The van der Waals surface area contributed by atoms with Gasteiger partial charge in [0.05, 0.1) is 18.2 Å². The Morgan fingerprint density at radius 1 is 1.10 bits per heavy atom. The molecule has 0 fully saturated rings. The summed E-state index contributed by atoms with van der Waals surface area (Å²) in [6.07, 6.45) is 1.90. The quantitative estimate of drug-likeness (QED) is 0.660. The number of carbonyl (C=O) groups is 2. The Bertz CT molecular complexity index is 882. The first-order valence-electron chi connectivity index (χ1n) is 9.62. The lowest BCUT2D eigenvalue weighted by Crippen LogP contribution is -2.37. The number of carbonyl (C=O) groups excluding carboxylic acids is 2. The van der Waals surface area contributed by atoms with Gasteiger partial charge in [-0.2, -0.15) is 0 Å². The molecule has 7 heteroatoms. The van der Waals surface area contributed by atoms with Gasteiger partial charge in [0.15, 0.2) is 0 Å². The van der Waals surface area contributed by atoms with E-state index in [0.29, 0.717) is 29.9 Å². The number of nitrogens with one attached hydrogen (secondary N) is 3. The maximum atomic E-state index is 13.3. The van der Waals surface area contributed by atoms with Crippen LogP contribution in [0.4, 0.5) is 14.9 Å². The molecule has 1 atom stereocenters. The molecule has 2 amide bonds. The smallest absolute Gasteiger partial charge is 0.337 e. The number of amides is 2. The number of benzene rings is 2. The summed E-state index contributed by atoms with van der Waals surface area (Å²) in [7, 11) is 0. The van der Waals surface area contributed by atoms with Crippen molar-refractivity contribution >= 4 is 17.7 Å². The van der Waals surface area contributed by atoms with E-state index in [9.17, 15) is 14.0 Å². The van der Waals surface area contributed by atoms with E-state index in [1.807, 2.05) is 18.2 Å². The van der Waals surface area contributed by atoms with Gasteiger partial charge in [-0.1, -0.05) is 30.3 Å². The van der Waals surface area contributed by atoms with Crippen molar-refractivity contribution in [1.29, 1.82) is 0 Å². The zero-order valence-electron chi connectivity index (χ0n) is 16.2. The molecule has 0 bridgehead atoms. The first-order valence-corrected chi connectivity index (χ1v) is 9.62. The van der Waals surface area contributed by atoms with Gasteiger partial charge in [0, 0.05) is 5.69 Å². The van der Waals surface area contributed by atoms with E-state index in [1.165, 1.54) is 12.1 Å². The van der Waals surface area contributed by atoms with Gasteiger partial charge in [-0.05, 0) is 56.0 Å². The average Bonchev–Trinajstić information content (AvgIpc) is 2.92. The fourth-order valence-corrected chi connectivity index (χ4v) is 3.22. The van der Waals surface area contributed by atoms with Crippen molar-refractivity contribution in [2.75, 3.05) is 11.9 Å². The topological polar surface area (TPSA) is 79.5 Å². The van der Waals surface area contributed by atoms with Crippen LogP contribution in [0.1, 0.15) is 37.8 Å². The maximum Gasteiger partial charge on any atom is 0.337 e. The summed E-state index contributed by atoms with van der Waals surface area (Å²) in [4.78, 5) is 25.0. The minimum Gasteiger partial charge on any atom is -0.463 e. The fourth-order valence-electron chi connectivity index (χ4n) is 3.22. The summed E-state index contributed by atoms with van der Waals surface area (Å²) < 4.78 is 18.5. The van der Waals surface area contributed by atoms with Crippen LogP contribution in [0, 0.1) is 5.82 Å². The second-order valence-electron chi connectivity index (χ2n) is 6.66. The Balaban J connectivity index is 1.83. The third kappa shape index (κ3) is 5.57. The standard InChI is InChI=1S/C22H24FN3O3/c1-2-29-21(27)18-9-6-10-19(15-11-13-16(23)14-12-15)25-20(18)26-22(28)24-17-7-4-3-5-8-17/h3-5,7-8,11-14,19,25H,2,6,9-10H2,1H3,(H2,24,26,28)/t19-/m1/s1. The molecule has 0 spiro atoms. The van der Waals surface area contributed by atoms with Gasteiger partial charge in [-0.15, -0.1) is 0 Å². The van der Waals surface area contributed by atoms with Crippen molar-refractivity contribution in [3.05, 3.63) is 77.4 Å². The zero-order valence-corrected chi connectivity index (χ0v) is 16.2. The molecule has 0 saturated heterocycles. The Morgan fingerprint density at radius 3 is 2.52 bits per heavy atom. The summed E-state index contributed by atoms with van der Waals surface area (Å²) >= 11 is 0. The van der Waals surface area contributed by atoms with E-state index < -0.39 is 12.0 Å². The number of rotatable bonds is 5. The highest BCUT2D eigenvalue weighted by Crippen LogP contribution is 2.27. The van der Waals surface area contributed by atoms with E-state index in [4.69, 9.17) is 4.74 Å². The molecular formula is C22H24FN3O3. The highest BCUT2D eigenvalue weighted by Gasteiger charge is 2.25. The number of anilines is 1. The maximum absolute atomic E-state index is 13.3.